The average Bonchev–Trinajstić information content (AvgIpc) is 2.85. The number of nitrogen functional groups attached to an aromatic ring is 1. The van der Waals surface area contributed by atoms with Gasteiger partial charge in [-0.3, -0.25) is 9.88 Å². The number of nitrogens with zero attached hydrogens (tertiary/aromatic N) is 4. The van der Waals surface area contributed by atoms with Gasteiger partial charge in [0, 0.05) is 23.7 Å². The summed E-state index contributed by atoms with van der Waals surface area (Å²) >= 11 is 0. The molecule has 0 bridgehead atoms. The molecule has 4 aromatic rings. The molecule has 0 atom stereocenters. The van der Waals surface area contributed by atoms with Crippen molar-refractivity contribution in [1.29, 1.82) is 0 Å². The zero-order valence-electron chi connectivity index (χ0n) is 18.6. The van der Waals surface area contributed by atoms with Crippen LogP contribution in [-0.4, -0.2) is 46.1 Å². The van der Waals surface area contributed by atoms with Gasteiger partial charge in [-0.05, 0) is 55.8 Å². The number of hydrogen-bond acceptors (Lipinski definition) is 7. The number of anilines is 3. The highest BCUT2D eigenvalue weighted by Crippen LogP contribution is 2.30. The molecule has 5 rings (SSSR count). The Kier molecular flexibility index (Phi) is 6.30. The lowest BCUT2D eigenvalue weighted by molar-refractivity contribution is 0.183. The van der Waals surface area contributed by atoms with E-state index in [1.54, 1.807) is 12.4 Å². The van der Waals surface area contributed by atoms with Crippen molar-refractivity contribution in [3.05, 3.63) is 67.0 Å². The topological polar surface area (TPSA) is 89.2 Å². The second-order valence-electron chi connectivity index (χ2n) is 8.31. The van der Waals surface area contributed by atoms with E-state index in [2.05, 4.69) is 25.2 Å². The molecule has 3 N–H and O–H groups in total. The number of para-hydroxylation sites is 1. The summed E-state index contributed by atoms with van der Waals surface area (Å²) in [7, 11) is 0. The second-order valence-corrected chi connectivity index (χ2v) is 8.31. The van der Waals surface area contributed by atoms with Crippen molar-refractivity contribution in [1.82, 2.24) is 19.9 Å². The Morgan fingerprint density at radius 2 is 1.76 bits per heavy atom. The normalized spacial score (nSPS) is 14.3. The molecule has 0 spiro atoms. The zero-order chi connectivity index (χ0) is 22.5. The smallest absolute Gasteiger partial charge is 0.221 e. The van der Waals surface area contributed by atoms with Crippen LogP contribution in [0.2, 0.25) is 0 Å². The van der Waals surface area contributed by atoms with Crippen LogP contribution in [0.5, 0.6) is 5.75 Å². The minimum Gasteiger partial charge on any atom is -0.492 e. The number of nitrogens with two attached hydrogens (primary N) is 1. The highest BCUT2D eigenvalue weighted by molar-refractivity contribution is 5.84. The third-order valence-corrected chi connectivity index (χ3v) is 5.95. The Bertz CT molecular complexity index is 1220. The first kappa shape index (κ1) is 21.2. The molecule has 1 aliphatic rings. The molecule has 1 aliphatic heterocycles. The van der Waals surface area contributed by atoms with Crippen molar-refractivity contribution in [2.45, 2.75) is 19.3 Å². The summed E-state index contributed by atoms with van der Waals surface area (Å²) in [5, 5.41) is 4.41. The second kappa shape index (κ2) is 9.83. The third kappa shape index (κ3) is 5.21. The van der Waals surface area contributed by atoms with Gasteiger partial charge in [-0.25, -0.2) is 4.98 Å². The quantitative estimate of drug-likeness (QED) is 0.423. The molecule has 0 amide bonds. The fourth-order valence-corrected chi connectivity index (χ4v) is 4.18. The monoisotopic (exact) mass is 440 g/mol. The van der Waals surface area contributed by atoms with E-state index in [1.807, 2.05) is 54.6 Å². The van der Waals surface area contributed by atoms with Crippen molar-refractivity contribution < 1.29 is 4.74 Å². The van der Waals surface area contributed by atoms with E-state index in [9.17, 15) is 0 Å². The largest absolute Gasteiger partial charge is 0.492 e. The highest BCUT2D eigenvalue weighted by Gasteiger charge is 2.12. The van der Waals surface area contributed by atoms with Crippen LogP contribution in [0.1, 0.15) is 19.3 Å². The van der Waals surface area contributed by atoms with Gasteiger partial charge in [0.15, 0.2) is 0 Å². The molecule has 1 fully saturated rings. The van der Waals surface area contributed by atoms with Gasteiger partial charge in [-0.15, -0.1) is 0 Å². The van der Waals surface area contributed by atoms with E-state index in [-0.39, 0.29) is 5.95 Å². The maximum Gasteiger partial charge on any atom is 0.221 e. The molecule has 3 heterocycles. The number of benzene rings is 2. The number of likely N-dealkylation sites (tertiary alicyclic amines) is 1. The molecule has 7 nitrogen and oxygen atoms in total. The Morgan fingerprint density at radius 1 is 0.939 bits per heavy atom. The first-order valence-corrected chi connectivity index (χ1v) is 11.4. The van der Waals surface area contributed by atoms with Crippen LogP contribution in [-0.2, 0) is 0 Å². The van der Waals surface area contributed by atoms with E-state index in [1.165, 1.54) is 32.4 Å². The van der Waals surface area contributed by atoms with Crippen molar-refractivity contribution in [2.75, 3.05) is 37.3 Å². The van der Waals surface area contributed by atoms with Crippen molar-refractivity contribution in [3.8, 4) is 16.9 Å². The van der Waals surface area contributed by atoms with E-state index in [0.717, 1.165) is 40.0 Å². The number of aromatic nitrogens is 3. The highest BCUT2D eigenvalue weighted by atomic mass is 16.5. The molecule has 7 heteroatoms. The summed E-state index contributed by atoms with van der Waals surface area (Å²) in [4.78, 5) is 15.6. The molecule has 168 valence electrons. The Hall–Kier alpha value is -3.71. The van der Waals surface area contributed by atoms with Crippen LogP contribution < -0.4 is 15.8 Å². The lowest BCUT2D eigenvalue weighted by Crippen LogP contribution is -2.33. The Balaban J connectivity index is 1.30. The first-order valence-electron chi connectivity index (χ1n) is 11.4. The molecule has 1 saturated heterocycles. The molecule has 33 heavy (non-hydrogen) atoms. The van der Waals surface area contributed by atoms with Gasteiger partial charge in [0.25, 0.3) is 0 Å². The summed E-state index contributed by atoms with van der Waals surface area (Å²) in [6, 6.07) is 18.1. The maximum atomic E-state index is 5.97. The van der Waals surface area contributed by atoms with Crippen molar-refractivity contribution in [2.24, 2.45) is 0 Å². The van der Waals surface area contributed by atoms with Gasteiger partial charge in [0.05, 0.1) is 17.4 Å². The molecule has 2 aromatic carbocycles. The molecule has 2 aromatic heterocycles. The van der Waals surface area contributed by atoms with E-state index in [0.29, 0.717) is 12.4 Å². The van der Waals surface area contributed by atoms with Crippen LogP contribution in [0.25, 0.3) is 22.0 Å². The average molecular weight is 441 g/mol. The van der Waals surface area contributed by atoms with Gasteiger partial charge in [-0.1, -0.05) is 36.8 Å². The molecule has 0 unspecified atom stereocenters. The van der Waals surface area contributed by atoms with Crippen LogP contribution >= 0.6 is 0 Å². The summed E-state index contributed by atoms with van der Waals surface area (Å²) in [5.41, 5.74) is 9.51. The molecule has 0 saturated carbocycles. The Morgan fingerprint density at radius 3 is 2.61 bits per heavy atom. The van der Waals surface area contributed by atoms with E-state index in [4.69, 9.17) is 10.5 Å². The lowest BCUT2D eigenvalue weighted by atomic mass is 10.1. The zero-order valence-corrected chi connectivity index (χ0v) is 18.6. The predicted octanol–water partition coefficient (Wildman–Crippen LogP) is 4.88. The molecular weight excluding hydrogens is 412 g/mol. The summed E-state index contributed by atoms with van der Waals surface area (Å²) in [5.74, 6) is 1.71. The van der Waals surface area contributed by atoms with Crippen LogP contribution in [0.4, 0.5) is 17.5 Å². The minimum atomic E-state index is 0.215. The number of nitrogens with one attached hydrogen (secondary N) is 1. The standard InChI is InChI=1S/C26H28N6O/c27-26-29-18-23(25(31-26)30-21-16-20-6-2-3-7-24(20)28-17-21)19-8-10-22(11-9-19)33-15-14-32-12-4-1-5-13-32/h2-3,6-11,16-18H,1,4-5,12-15H2,(H3,27,29,30,31). The minimum absolute atomic E-state index is 0.215. The lowest BCUT2D eigenvalue weighted by Gasteiger charge is -2.26. The number of ether oxygens (including phenoxy) is 1. The number of rotatable bonds is 7. The number of piperidine rings is 1. The van der Waals surface area contributed by atoms with Gasteiger partial charge < -0.3 is 15.8 Å². The van der Waals surface area contributed by atoms with Crippen LogP contribution in [0.3, 0.4) is 0 Å². The number of hydrogen-bond donors (Lipinski definition) is 2. The molecular formula is C26H28N6O. The molecule has 0 radical (unpaired) electrons. The fourth-order valence-electron chi connectivity index (χ4n) is 4.18. The predicted molar refractivity (Wildman–Crippen MR) is 133 cm³/mol. The van der Waals surface area contributed by atoms with E-state index < -0.39 is 0 Å². The van der Waals surface area contributed by atoms with Crippen molar-refractivity contribution in [3.63, 3.8) is 0 Å². The molecule has 0 aliphatic carbocycles. The summed E-state index contributed by atoms with van der Waals surface area (Å²) in [6.45, 7) is 4.04. The number of fused-ring (bicyclic) bond motifs is 1. The fraction of sp³-hybridized carbons (Fsp3) is 0.269. The summed E-state index contributed by atoms with van der Waals surface area (Å²) < 4.78 is 5.97. The van der Waals surface area contributed by atoms with Crippen LogP contribution in [0.15, 0.2) is 67.0 Å². The summed E-state index contributed by atoms with van der Waals surface area (Å²) in [6.07, 6.45) is 7.48. The van der Waals surface area contributed by atoms with E-state index >= 15 is 0 Å². The van der Waals surface area contributed by atoms with Gasteiger partial charge >= 0.3 is 0 Å². The van der Waals surface area contributed by atoms with Crippen molar-refractivity contribution >= 4 is 28.4 Å². The Labute approximate surface area is 193 Å². The number of pyridine rings is 1. The van der Waals surface area contributed by atoms with Gasteiger partial charge in [-0.2, -0.15) is 4.98 Å². The SMILES string of the molecule is Nc1ncc(-c2ccc(OCCN3CCCCC3)cc2)c(Nc2cnc3ccccc3c2)n1. The maximum absolute atomic E-state index is 5.97. The van der Waals surface area contributed by atoms with Gasteiger partial charge in [0.2, 0.25) is 5.95 Å². The van der Waals surface area contributed by atoms with Gasteiger partial charge in [0.1, 0.15) is 18.2 Å². The van der Waals surface area contributed by atoms with Crippen LogP contribution in [0, 0.1) is 0 Å². The first-order chi connectivity index (χ1) is 16.2. The third-order valence-electron chi connectivity index (χ3n) is 5.95.